The number of carbonyl (C=O) groups excluding carboxylic acids is 1. The lowest BCUT2D eigenvalue weighted by Crippen LogP contribution is -2.44. The average molecular weight is 449 g/mol. The molecule has 3 aromatic heterocycles. The molecular weight excluding hydrogens is 425 g/mol. The first-order valence-electron chi connectivity index (χ1n) is 11.1. The van der Waals surface area contributed by atoms with Gasteiger partial charge in [0.05, 0.1) is 18.4 Å². The van der Waals surface area contributed by atoms with Crippen LogP contribution in [-0.4, -0.2) is 43.7 Å². The maximum atomic E-state index is 12.7. The number of fused-ring (bicyclic) bond motifs is 1. The molecule has 0 spiro atoms. The molecule has 32 heavy (non-hydrogen) atoms. The van der Waals surface area contributed by atoms with Crippen molar-refractivity contribution in [3.8, 4) is 0 Å². The first-order chi connectivity index (χ1) is 16.3. The SMILES string of the molecule is [2H]C([2H])([2H])N1c2nc(NCc3cnn(Cc4ccc(C(F)(F)F)nc4)c3)nc(C)c2NC(=O)[C@@H]1C. The number of nitrogens with zero attached hydrogens (tertiary/aromatic N) is 6. The van der Waals surface area contributed by atoms with Gasteiger partial charge in [-0.2, -0.15) is 23.3 Å². The summed E-state index contributed by atoms with van der Waals surface area (Å²) in [7, 11) is 0. The molecule has 1 amide bonds. The standard InChI is InChI=1S/C20H21F3N8O/c1-11-16-17(30(3)12(2)18(32)28-16)29-19(27-11)25-7-14-8-26-31(10-14)9-13-4-5-15(24-6-13)20(21,22)23/h4-6,8,10,12H,7,9H2,1-3H3,(H,28,32)(H,25,27,29)/t12-/m0/s1/i3D3. The van der Waals surface area contributed by atoms with Crippen molar-refractivity contribution in [2.75, 3.05) is 22.5 Å². The van der Waals surface area contributed by atoms with Crippen molar-refractivity contribution in [2.24, 2.45) is 0 Å². The van der Waals surface area contributed by atoms with E-state index in [1.807, 2.05) is 0 Å². The first kappa shape index (κ1) is 17.9. The number of pyridine rings is 1. The molecule has 4 heterocycles. The number of hydrogen-bond donors (Lipinski definition) is 2. The number of rotatable bonds is 5. The highest BCUT2D eigenvalue weighted by molar-refractivity contribution is 6.03. The molecule has 0 fully saturated rings. The summed E-state index contributed by atoms with van der Waals surface area (Å²) >= 11 is 0. The van der Waals surface area contributed by atoms with E-state index in [0.717, 1.165) is 22.7 Å². The Morgan fingerprint density at radius 2 is 2.06 bits per heavy atom. The normalized spacial score (nSPS) is 17.8. The summed E-state index contributed by atoms with van der Waals surface area (Å²) in [5.41, 5.74) is 0.969. The monoisotopic (exact) mass is 449 g/mol. The summed E-state index contributed by atoms with van der Waals surface area (Å²) in [6.45, 7) is 1.01. The van der Waals surface area contributed by atoms with Gasteiger partial charge in [-0.25, -0.2) is 4.98 Å². The zero-order chi connectivity index (χ0) is 25.5. The van der Waals surface area contributed by atoms with Gasteiger partial charge in [-0.1, -0.05) is 6.07 Å². The van der Waals surface area contributed by atoms with E-state index in [2.05, 4.69) is 30.7 Å². The van der Waals surface area contributed by atoms with E-state index in [-0.39, 0.29) is 30.5 Å². The van der Waals surface area contributed by atoms with Gasteiger partial charge in [0, 0.05) is 35.6 Å². The van der Waals surface area contributed by atoms with Crippen LogP contribution in [0.25, 0.3) is 0 Å². The highest BCUT2D eigenvalue weighted by atomic mass is 19.4. The Hall–Kier alpha value is -3.70. The van der Waals surface area contributed by atoms with Gasteiger partial charge >= 0.3 is 6.18 Å². The molecule has 1 aliphatic heterocycles. The van der Waals surface area contributed by atoms with Gasteiger partial charge in [0.25, 0.3) is 0 Å². The van der Waals surface area contributed by atoms with E-state index in [9.17, 15) is 18.0 Å². The zero-order valence-electron chi connectivity index (χ0n) is 20.1. The molecule has 0 aliphatic carbocycles. The number of nitrogens with one attached hydrogen (secondary N) is 2. The van der Waals surface area contributed by atoms with Crippen molar-refractivity contribution < 1.29 is 22.1 Å². The molecule has 1 aliphatic rings. The van der Waals surface area contributed by atoms with E-state index in [4.69, 9.17) is 4.11 Å². The highest BCUT2D eigenvalue weighted by Crippen LogP contribution is 2.32. The molecule has 168 valence electrons. The first-order valence-corrected chi connectivity index (χ1v) is 9.59. The fourth-order valence-electron chi connectivity index (χ4n) is 3.12. The summed E-state index contributed by atoms with van der Waals surface area (Å²) < 4.78 is 63.0. The van der Waals surface area contributed by atoms with Gasteiger partial charge in [-0.3, -0.25) is 14.5 Å². The fraction of sp³-hybridized carbons (Fsp3) is 0.350. The van der Waals surface area contributed by atoms with Crippen molar-refractivity contribution in [2.45, 2.75) is 39.2 Å². The van der Waals surface area contributed by atoms with Gasteiger partial charge in [0.1, 0.15) is 17.4 Å². The quantitative estimate of drug-likeness (QED) is 0.618. The Labute approximate surface area is 185 Å². The van der Waals surface area contributed by atoms with E-state index in [0.29, 0.717) is 11.3 Å². The second kappa shape index (κ2) is 8.09. The van der Waals surface area contributed by atoms with Crippen molar-refractivity contribution >= 4 is 23.4 Å². The topological polar surface area (TPSA) is 101 Å². The Morgan fingerprint density at radius 1 is 1.25 bits per heavy atom. The molecule has 0 saturated heterocycles. The molecule has 3 aromatic rings. The number of halogens is 3. The number of aryl methyl sites for hydroxylation is 1. The van der Waals surface area contributed by atoms with Gasteiger partial charge < -0.3 is 15.5 Å². The number of hydrogen-bond acceptors (Lipinski definition) is 7. The maximum absolute atomic E-state index is 12.7. The van der Waals surface area contributed by atoms with Crippen molar-refractivity contribution in [1.82, 2.24) is 24.7 Å². The Balaban J connectivity index is 1.47. The molecule has 0 bridgehead atoms. The fourth-order valence-corrected chi connectivity index (χ4v) is 3.12. The number of aromatic nitrogens is 5. The Kier molecular flexibility index (Phi) is 4.53. The Bertz CT molecular complexity index is 1240. The molecule has 2 N–H and O–H groups in total. The predicted octanol–water partition coefficient (Wildman–Crippen LogP) is 2.83. The molecule has 0 aromatic carbocycles. The third-order valence-electron chi connectivity index (χ3n) is 4.91. The molecule has 0 saturated carbocycles. The lowest BCUT2D eigenvalue weighted by Gasteiger charge is -2.32. The zero-order valence-corrected chi connectivity index (χ0v) is 17.1. The van der Waals surface area contributed by atoms with E-state index in [1.165, 1.54) is 13.0 Å². The van der Waals surface area contributed by atoms with E-state index >= 15 is 0 Å². The minimum Gasteiger partial charge on any atom is -0.350 e. The van der Waals surface area contributed by atoms with Gasteiger partial charge in [-0.05, 0) is 25.5 Å². The van der Waals surface area contributed by atoms with Gasteiger partial charge in [0.15, 0.2) is 5.82 Å². The van der Waals surface area contributed by atoms with Crippen molar-refractivity contribution in [1.29, 1.82) is 0 Å². The van der Waals surface area contributed by atoms with Crippen LogP contribution in [0, 0.1) is 6.92 Å². The summed E-state index contributed by atoms with van der Waals surface area (Å²) in [6.07, 6.45) is -0.0628. The lowest BCUT2D eigenvalue weighted by molar-refractivity contribution is -0.141. The predicted molar refractivity (Wildman–Crippen MR) is 111 cm³/mol. The summed E-state index contributed by atoms with van der Waals surface area (Å²) in [4.78, 5) is 25.3. The third kappa shape index (κ3) is 4.34. The van der Waals surface area contributed by atoms with Gasteiger partial charge in [0.2, 0.25) is 11.9 Å². The van der Waals surface area contributed by atoms with Crippen LogP contribution in [0.15, 0.2) is 30.7 Å². The smallest absolute Gasteiger partial charge is 0.350 e. The lowest BCUT2D eigenvalue weighted by atomic mass is 10.2. The number of carbonyl (C=O) groups is 1. The van der Waals surface area contributed by atoms with Crippen LogP contribution in [0.4, 0.5) is 30.6 Å². The molecule has 4 rings (SSSR count). The molecule has 12 heteroatoms. The highest BCUT2D eigenvalue weighted by Gasteiger charge is 2.32. The van der Waals surface area contributed by atoms with Crippen LogP contribution in [0.1, 0.15) is 33.6 Å². The molecule has 9 nitrogen and oxygen atoms in total. The van der Waals surface area contributed by atoms with Crippen LogP contribution in [0.5, 0.6) is 0 Å². The number of anilines is 3. The minimum absolute atomic E-state index is 0.0950. The van der Waals surface area contributed by atoms with E-state index < -0.39 is 30.8 Å². The van der Waals surface area contributed by atoms with Crippen LogP contribution in [0.2, 0.25) is 0 Å². The summed E-state index contributed by atoms with van der Waals surface area (Å²) in [5, 5.41) is 9.87. The van der Waals surface area contributed by atoms with Crippen molar-refractivity contribution in [3.63, 3.8) is 0 Å². The second-order valence-corrected chi connectivity index (χ2v) is 7.32. The number of amides is 1. The van der Waals surface area contributed by atoms with Crippen LogP contribution in [-0.2, 0) is 24.1 Å². The molecule has 0 unspecified atom stereocenters. The minimum atomic E-state index is -4.50. The molecular formula is C20H21F3N8O. The molecule has 1 atom stereocenters. The number of likely N-dealkylation sites (N-methyl/N-ethyl adjacent to an activating group) is 1. The van der Waals surface area contributed by atoms with E-state index in [1.54, 1.807) is 24.0 Å². The van der Waals surface area contributed by atoms with Gasteiger partial charge in [-0.15, -0.1) is 0 Å². The maximum Gasteiger partial charge on any atom is 0.433 e. The molecule has 0 radical (unpaired) electrons. The second-order valence-electron chi connectivity index (χ2n) is 7.32. The average Bonchev–Trinajstić information content (AvgIpc) is 3.20. The third-order valence-corrected chi connectivity index (χ3v) is 4.91. The number of alkyl halides is 3. The Morgan fingerprint density at radius 3 is 2.75 bits per heavy atom. The van der Waals surface area contributed by atoms with Crippen LogP contribution >= 0.6 is 0 Å². The van der Waals surface area contributed by atoms with Crippen LogP contribution < -0.4 is 15.5 Å². The largest absolute Gasteiger partial charge is 0.433 e. The van der Waals surface area contributed by atoms with Crippen molar-refractivity contribution in [3.05, 3.63) is 53.2 Å². The van der Waals surface area contributed by atoms with Crippen LogP contribution in [0.3, 0.4) is 0 Å². The summed E-state index contributed by atoms with van der Waals surface area (Å²) in [5.74, 6) is -0.201. The summed E-state index contributed by atoms with van der Waals surface area (Å²) in [6, 6.07) is 1.31.